The molecule has 5 heteroatoms. The summed E-state index contributed by atoms with van der Waals surface area (Å²) in [5.41, 5.74) is 1.68. The highest BCUT2D eigenvalue weighted by Gasteiger charge is 2.30. The summed E-state index contributed by atoms with van der Waals surface area (Å²) in [6.07, 6.45) is 1.67. The summed E-state index contributed by atoms with van der Waals surface area (Å²) in [6, 6.07) is 14.0. The quantitative estimate of drug-likeness (QED) is 0.887. The highest BCUT2D eigenvalue weighted by molar-refractivity contribution is 5.73. The minimum Gasteiger partial charge on any atom is -0.343 e. The molecule has 0 unspecified atom stereocenters. The van der Waals surface area contributed by atoms with Crippen molar-refractivity contribution >= 4 is 5.91 Å². The summed E-state index contributed by atoms with van der Waals surface area (Å²) in [6.45, 7) is 3.33. The molecule has 1 heterocycles. The summed E-state index contributed by atoms with van der Waals surface area (Å²) in [7, 11) is 0. The Bertz CT molecular complexity index is 751. The standard InChI is InChI=1S/C21H24F2N2O/c1-15(26)25-10-9-21(18(14-25)11-16-5-3-2-4-6-16)24-13-17-7-8-19(22)12-20(17)23/h2-8,12,18,21,24H,9-11,13-14H2,1H3/t18-,21+/m1/s1. The number of nitrogens with one attached hydrogen (secondary N) is 1. The molecule has 2 atom stereocenters. The molecule has 1 amide bonds. The number of halogens is 2. The first-order valence-electron chi connectivity index (χ1n) is 8.99. The Kier molecular flexibility index (Phi) is 5.99. The Morgan fingerprint density at radius 1 is 1.19 bits per heavy atom. The molecule has 0 aliphatic carbocycles. The predicted molar refractivity (Wildman–Crippen MR) is 97.5 cm³/mol. The number of nitrogens with zero attached hydrogens (tertiary/aromatic N) is 1. The number of amides is 1. The van der Waals surface area contributed by atoms with Gasteiger partial charge < -0.3 is 10.2 Å². The monoisotopic (exact) mass is 358 g/mol. The highest BCUT2D eigenvalue weighted by Crippen LogP contribution is 2.22. The largest absolute Gasteiger partial charge is 0.343 e. The van der Waals surface area contributed by atoms with E-state index in [0.717, 1.165) is 18.9 Å². The van der Waals surface area contributed by atoms with E-state index in [2.05, 4.69) is 17.4 Å². The Morgan fingerprint density at radius 3 is 2.65 bits per heavy atom. The maximum absolute atomic E-state index is 13.9. The molecule has 26 heavy (non-hydrogen) atoms. The molecule has 0 bridgehead atoms. The first kappa shape index (κ1) is 18.5. The topological polar surface area (TPSA) is 32.3 Å². The molecule has 1 saturated heterocycles. The normalized spacial score (nSPS) is 20.2. The first-order chi connectivity index (χ1) is 12.5. The predicted octanol–water partition coefficient (Wildman–Crippen LogP) is 3.53. The van der Waals surface area contributed by atoms with Crippen molar-refractivity contribution in [1.29, 1.82) is 0 Å². The van der Waals surface area contributed by atoms with Crippen LogP contribution in [-0.2, 0) is 17.8 Å². The molecule has 3 rings (SSSR count). The molecule has 1 aliphatic rings. The zero-order chi connectivity index (χ0) is 18.5. The summed E-state index contributed by atoms with van der Waals surface area (Å²) in [4.78, 5) is 13.7. The van der Waals surface area contributed by atoms with Crippen molar-refractivity contribution in [2.45, 2.75) is 32.4 Å². The molecule has 1 fully saturated rings. The number of rotatable bonds is 5. The number of hydrogen-bond acceptors (Lipinski definition) is 2. The van der Waals surface area contributed by atoms with Gasteiger partial charge in [-0.1, -0.05) is 36.4 Å². The SMILES string of the molecule is CC(=O)N1CC[C@H](NCc2ccc(F)cc2F)[C@H](Cc2ccccc2)C1. The fourth-order valence-corrected chi connectivity index (χ4v) is 3.62. The molecule has 1 aliphatic heterocycles. The molecule has 0 aromatic heterocycles. The van der Waals surface area contributed by atoms with E-state index in [1.54, 1.807) is 6.92 Å². The minimum atomic E-state index is -0.567. The van der Waals surface area contributed by atoms with E-state index >= 15 is 0 Å². The van der Waals surface area contributed by atoms with Gasteiger partial charge in [-0.2, -0.15) is 0 Å². The lowest BCUT2D eigenvalue weighted by Gasteiger charge is -2.39. The third kappa shape index (κ3) is 4.67. The van der Waals surface area contributed by atoms with Crippen LogP contribution in [0.1, 0.15) is 24.5 Å². The Balaban J connectivity index is 1.69. The fraction of sp³-hybridized carbons (Fsp3) is 0.381. The molecular weight excluding hydrogens is 334 g/mol. The van der Waals surface area contributed by atoms with Crippen LogP contribution in [0.25, 0.3) is 0 Å². The highest BCUT2D eigenvalue weighted by atomic mass is 19.1. The van der Waals surface area contributed by atoms with E-state index in [-0.39, 0.29) is 17.9 Å². The lowest BCUT2D eigenvalue weighted by Crippen LogP contribution is -2.51. The molecule has 3 nitrogen and oxygen atoms in total. The smallest absolute Gasteiger partial charge is 0.219 e. The van der Waals surface area contributed by atoms with Crippen molar-refractivity contribution in [2.75, 3.05) is 13.1 Å². The van der Waals surface area contributed by atoms with Gasteiger partial charge >= 0.3 is 0 Å². The van der Waals surface area contributed by atoms with Crippen molar-refractivity contribution in [3.8, 4) is 0 Å². The Hall–Kier alpha value is -2.27. The van der Waals surface area contributed by atoms with Gasteiger partial charge in [-0.3, -0.25) is 4.79 Å². The van der Waals surface area contributed by atoms with Crippen LogP contribution in [0, 0.1) is 17.6 Å². The van der Waals surface area contributed by atoms with Crippen LogP contribution in [-0.4, -0.2) is 29.9 Å². The van der Waals surface area contributed by atoms with Crippen molar-refractivity contribution in [1.82, 2.24) is 10.2 Å². The number of piperidine rings is 1. The van der Waals surface area contributed by atoms with Gasteiger partial charge in [0.2, 0.25) is 5.91 Å². The molecule has 0 spiro atoms. The summed E-state index contributed by atoms with van der Waals surface area (Å²) in [5, 5.41) is 3.43. The second kappa shape index (κ2) is 8.41. The van der Waals surface area contributed by atoms with E-state index in [1.165, 1.54) is 17.7 Å². The molecule has 138 valence electrons. The van der Waals surface area contributed by atoms with E-state index < -0.39 is 11.6 Å². The van der Waals surface area contributed by atoms with Crippen molar-refractivity contribution in [2.24, 2.45) is 5.92 Å². The average molecular weight is 358 g/mol. The maximum Gasteiger partial charge on any atom is 0.219 e. The molecule has 2 aromatic carbocycles. The lowest BCUT2D eigenvalue weighted by molar-refractivity contribution is -0.131. The number of hydrogen-bond donors (Lipinski definition) is 1. The number of likely N-dealkylation sites (tertiary alicyclic amines) is 1. The molecule has 0 radical (unpaired) electrons. The van der Waals surface area contributed by atoms with Crippen molar-refractivity contribution < 1.29 is 13.6 Å². The van der Waals surface area contributed by atoms with Gasteiger partial charge in [0.15, 0.2) is 0 Å². The van der Waals surface area contributed by atoms with Gasteiger partial charge in [0.05, 0.1) is 0 Å². The van der Waals surface area contributed by atoms with Crippen molar-refractivity contribution in [3.63, 3.8) is 0 Å². The lowest BCUT2D eigenvalue weighted by atomic mass is 9.86. The minimum absolute atomic E-state index is 0.0890. The summed E-state index contributed by atoms with van der Waals surface area (Å²) < 4.78 is 27.0. The number of benzene rings is 2. The maximum atomic E-state index is 13.9. The number of carbonyl (C=O) groups excluding carboxylic acids is 1. The van der Waals surface area contributed by atoms with Gasteiger partial charge in [0, 0.05) is 44.2 Å². The van der Waals surface area contributed by atoms with Gasteiger partial charge in [-0.05, 0) is 30.4 Å². The summed E-state index contributed by atoms with van der Waals surface area (Å²) >= 11 is 0. The van der Waals surface area contributed by atoms with Gasteiger partial charge in [-0.15, -0.1) is 0 Å². The Morgan fingerprint density at radius 2 is 1.96 bits per heavy atom. The zero-order valence-corrected chi connectivity index (χ0v) is 14.9. The molecule has 0 saturated carbocycles. The molecule has 1 N–H and O–H groups in total. The average Bonchev–Trinajstić information content (AvgIpc) is 2.62. The van der Waals surface area contributed by atoms with Crippen LogP contribution in [0.3, 0.4) is 0 Å². The van der Waals surface area contributed by atoms with E-state index in [1.807, 2.05) is 23.1 Å². The number of carbonyl (C=O) groups is 1. The van der Waals surface area contributed by atoms with Gasteiger partial charge in [0.1, 0.15) is 11.6 Å². The zero-order valence-electron chi connectivity index (χ0n) is 14.9. The third-order valence-corrected chi connectivity index (χ3v) is 5.09. The second-order valence-electron chi connectivity index (χ2n) is 6.93. The van der Waals surface area contributed by atoms with E-state index in [4.69, 9.17) is 0 Å². The fourth-order valence-electron chi connectivity index (χ4n) is 3.62. The van der Waals surface area contributed by atoms with Crippen LogP contribution in [0.5, 0.6) is 0 Å². The summed E-state index contributed by atoms with van der Waals surface area (Å²) in [5.74, 6) is -0.758. The van der Waals surface area contributed by atoms with Crippen LogP contribution < -0.4 is 5.32 Å². The molecular formula is C21H24F2N2O. The van der Waals surface area contributed by atoms with E-state index in [9.17, 15) is 13.6 Å². The second-order valence-corrected chi connectivity index (χ2v) is 6.93. The first-order valence-corrected chi connectivity index (χ1v) is 8.99. The van der Waals surface area contributed by atoms with Crippen LogP contribution in [0.4, 0.5) is 8.78 Å². The van der Waals surface area contributed by atoms with Crippen LogP contribution in [0.15, 0.2) is 48.5 Å². The van der Waals surface area contributed by atoms with Crippen molar-refractivity contribution in [3.05, 3.63) is 71.3 Å². The van der Waals surface area contributed by atoms with E-state index in [0.29, 0.717) is 25.2 Å². The van der Waals surface area contributed by atoms with Gasteiger partial charge in [-0.25, -0.2) is 8.78 Å². The molecule has 2 aromatic rings. The van der Waals surface area contributed by atoms with Crippen LogP contribution >= 0.6 is 0 Å². The Labute approximate surface area is 153 Å². The van der Waals surface area contributed by atoms with Crippen LogP contribution in [0.2, 0.25) is 0 Å². The third-order valence-electron chi connectivity index (χ3n) is 5.09. The van der Waals surface area contributed by atoms with Gasteiger partial charge in [0.25, 0.3) is 0 Å².